The van der Waals surface area contributed by atoms with E-state index in [9.17, 15) is 13.2 Å². The fourth-order valence-corrected chi connectivity index (χ4v) is 2.10. The first-order chi connectivity index (χ1) is 12.2. The van der Waals surface area contributed by atoms with Crippen LogP contribution >= 0.6 is 0 Å². The Hall–Kier alpha value is -2.78. The Kier molecular flexibility index (Phi) is 6.06. The lowest BCUT2D eigenvalue weighted by molar-refractivity contribution is -0.137. The van der Waals surface area contributed by atoms with E-state index in [4.69, 9.17) is 17.3 Å². The third kappa shape index (κ3) is 4.87. The molecule has 2 aromatic carbocycles. The fraction of sp³-hybridized carbons (Fsp3) is 0.235. The molecule has 0 radical (unpaired) electrons. The van der Waals surface area contributed by atoms with Gasteiger partial charge in [0.15, 0.2) is 5.84 Å². The Morgan fingerprint density at radius 2 is 1.77 bits per heavy atom. The number of hydrazine groups is 1. The third-order valence-corrected chi connectivity index (χ3v) is 3.71. The summed E-state index contributed by atoms with van der Waals surface area (Å²) in [6.45, 7) is 2.10. The summed E-state index contributed by atoms with van der Waals surface area (Å²) in [5, 5.41) is 8.31. The molecular formula is C17H21F3N6. The average Bonchev–Trinajstić information content (AvgIpc) is 2.61. The number of amidine groups is 1. The highest BCUT2D eigenvalue weighted by Gasteiger charge is 2.29. The minimum Gasteiger partial charge on any atom is -0.382 e. The largest absolute Gasteiger partial charge is 0.416 e. The van der Waals surface area contributed by atoms with E-state index >= 15 is 0 Å². The Balaban J connectivity index is 2.25. The number of alkyl halides is 3. The van der Waals surface area contributed by atoms with Crippen LogP contribution < -0.4 is 22.6 Å². The number of nitrogens with one attached hydrogen (secondary N) is 1. The predicted molar refractivity (Wildman–Crippen MR) is 96.4 cm³/mol. The highest BCUT2D eigenvalue weighted by Crippen LogP contribution is 2.30. The van der Waals surface area contributed by atoms with E-state index in [1.807, 2.05) is 0 Å². The van der Waals surface area contributed by atoms with Gasteiger partial charge in [0.1, 0.15) is 0 Å². The molecule has 2 aromatic rings. The number of anilines is 2. The van der Waals surface area contributed by atoms with Gasteiger partial charge in [-0.1, -0.05) is 12.1 Å². The molecular weight excluding hydrogens is 345 g/mol. The number of hydrogen-bond acceptors (Lipinski definition) is 5. The topological polar surface area (TPSA) is 106 Å². The van der Waals surface area contributed by atoms with Crippen molar-refractivity contribution in [3.8, 4) is 0 Å². The molecule has 0 aliphatic heterocycles. The minimum absolute atomic E-state index is 0.155. The van der Waals surface area contributed by atoms with Crippen LogP contribution in [0.4, 0.5) is 24.5 Å². The monoisotopic (exact) mass is 366 g/mol. The molecule has 0 spiro atoms. The number of benzene rings is 2. The molecule has 1 atom stereocenters. The van der Waals surface area contributed by atoms with E-state index in [2.05, 4.69) is 10.4 Å². The van der Waals surface area contributed by atoms with Crippen molar-refractivity contribution in [3.05, 3.63) is 59.7 Å². The zero-order valence-electron chi connectivity index (χ0n) is 14.2. The highest BCUT2D eigenvalue weighted by atomic mass is 19.4. The second-order valence-electron chi connectivity index (χ2n) is 5.70. The predicted octanol–water partition coefficient (Wildman–Crippen LogP) is 2.59. The quantitative estimate of drug-likeness (QED) is 0.272. The highest BCUT2D eigenvalue weighted by molar-refractivity contribution is 6.02. The standard InChI is InChI=1S/C17H21F3N6/c1-11(10-21)26(23)25-16(22)14-4-2-3-5-15(14)24-13-8-6-12(7-9-13)17(18,19)20/h2-9,11,24H,10,21,23H2,1H3,(H2,22,25). The number of hydrazone groups is 1. The van der Waals surface area contributed by atoms with Gasteiger partial charge in [0, 0.05) is 23.5 Å². The maximum absolute atomic E-state index is 12.7. The fourth-order valence-electron chi connectivity index (χ4n) is 2.10. The molecule has 0 fully saturated rings. The normalized spacial score (nSPS) is 13.4. The van der Waals surface area contributed by atoms with Crippen LogP contribution in [-0.2, 0) is 6.18 Å². The first kappa shape index (κ1) is 19.5. The molecule has 140 valence electrons. The van der Waals surface area contributed by atoms with Crippen molar-refractivity contribution in [2.45, 2.75) is 19.1 Å². The van der Waals surface area contributed by atoms with Gasteiger partial charge in [-0.05, 0) is 43.3 Å². The smallest absolute Gasteiger partial charge is 0.382 e. The molecule has 9 heteroatoms. The van der Waals surface area contributed by atoms with E-state index in [0.29, 0.717) is 23.5 Å². The lowest BCUT2D eigenvalue weighted by atomic mass is 10.1. The number of nitrogens with two attached hydrogens (primary N) is 3. The van der Waals surface area contributed by atoms with Gasteiger partial charge in [0.25, 0.3) is 0 Å². The molecule has 0 heterocycles. The number of para-hydroxylation sites is 1. The molecule has 0 aromatic heterocycles. The maximum Gasteiger partial charge on any atom is 0.416 e. The van der Waals surface area contributed by atoms with Crippen LogP contribution in [0.1, 0.15) is 18.1 Å². The molecule has 7 N–H and O–H groups in total. The zero-order valence-corrected chi connectivity index (χ0v) is 14.2. The molecule has 0 bridgehead atoms. The van der Waals surface area contributed by atoms with Gasteiger partial charge >= 0.3 is 6.18 Å². The summed E-state index contributed by atoms with van der Waals surface area (Å²) in [6, 6.07) is 11.5. The van der Waals surface area contributed by atoms with Crippen molar-refractivity contribution in [2.24, 2.45) is 22.4 Å². The van der Waals surface area contributed by atoms with Gasteiger partial charge in [-0.15, -0.1) is 5.10 Å². The van der Waals surface area contributed by atoms with Crippen LogP contribution in [0.25, 0.3) is 0 Å². The molecule has 6 nitrogen and oxygen atoms in total. The lowest BCUT2D eigenvalue weighted by Crippen LogP contribution is -2.41. The first-order valence-corrected chi connectivity index (χ1v) is 7.84. The van der Waals surface area contributed by atoms with E-state index in [1.165, 1.54) is 17.3 Å². The molecule has 0 aliphatic rings. The van der Waals surface area contributed by atoms with Crippen molar-refractivity contribution >= 4 is 17.2 Å². The number of halogens is 3. The molecule has 0 aliphatic carbocycles. The summed E-state index contributed by atoms with van der Waals surface area (Å²) < 4.78 is 38.0. The minimum atomic E-state index is -4.38. The van der Waals surface area contributed by atoms with Crippen LogP contribution in [0.2, 0.25) is 0 Å². The second-order valence-corrected chi connectivity index (χ2v) is 5.70. The van der Waals surface area contributed by atoms with E-state index < -0.39 is 11.7 Å². The second kappa shape index (κ2) is 8.07. The van der Waals surface area contributed by atoms with Gasteiger partial charge in [-0.25, -0.2) is 11.0 Å². The Labute approximate surface area is 149 Å². The van der Waals surface area contributed by atoms with Crippen molar-refractivity contribution in [1.29, 1.82) is 0 Å². The molecule has 0 amide bonds. The van der Waals surface area contributed by atoms with Gasteiger partial charge in [0.2, 0.25) is 0 Å². The van der Waals surface area contributed by atoms with E-state index in [-0.39, 0.29) is 11.9 Å². The van der Waals surface area contributed by atoms with Crippen molar-refractivity contribution in [2.75, 3.05) is 11.9 Å². The summed E-state index contributed by atoms with van der Waals surface area (Å²) in [5.41, 5.74) is 12.5. The van der Waals surface area contributed by atoms with Gasteiger partial charge < -0.3 is 16.8 Å². The van der Waals surface area contributed by atoms with Crippen molar-refractivity contribution < 1.29 is 13.2 Å². The Bertz CT molecular complexity index is 758. The Morgan fingerprint density at radius 3 is 2.35 bits per heavy atom. The maximum atomic E-state index is 12.7. The van der Waals surface area contributed by atoms with Crippen LogP contribution in [0, 0.1) is 0 Å². The van der Waals surface area contributed by atoms with Gasteiger partial charge in [-0.3, -0.25) is 0 Å². The van der Waals surface area contributed by atoms with E-state index in [1.54, 1.807) is 31.2 Å². The molecule has 1 unspecified atom stereocenters. The van der Waals surface area contributed by atoms with Gasteiger partial charge in [-0.2, -0.15) is 13.2 Å². The summed E-state index contributed by atoms with van der Waals surface area (Å²) in [6.07, 6.45) is -4.38. The Morgan fingerprint density at radius 1 is 1.15 bits per heavy atom. The van der Waals surface area contributed by atoms with Crippen LogP contribution in [0.5, 0.6) is 0 Å². The average molecular weight is 366 g/mol. The van der Waals surface area contributed by atoms with Crippen molar-refractivity contribution in [3.63, 3.8) is 0 Å². The number of nitrogens with zero attached hydrogens (tertiary/aromatic N) is 2. The summed E-state index contributed by atoms with van der Waals surface area (Å²) in [4.78, 5) is 0. The molecule has 0 saturated heterocycles. The molecule has 2 rings (SSSR count). The van der Waals surface area contributed by atoms with E-state index in [0.717, 1.165) is 12.1 Å². The zero-order chi connectivity index (χ0) is 19.3. The van der Waals surface area contributed by atoms with Crippen molar-refractivity contribution in [1.82, 2.24) is 5.12 Å². The summed E-state index contributed by atoms with van der Waals surface area (Å²) in [7, 11) is 0. The van der Waals surface area contributed by atoms with Crippen LogP contribution in [-0.4, -0.2) is 23.5 Å². The number of rotatable bonds is 6. The third-order valence-electron chi connectivity index (χ3n) is 3.71. The molecule has 0 saturated carbocycles. The SMILES string of the molecule is CC(CN)N(N)/N=C(\N)c1ccccc1Nc1ccc(C(F)(F)F)cc1. The molecule has 26 heavy (non-hydrogen) atoms. The van der Waals surface area contributed by atoms with Crippen LogP contribution in [0.3, 0.4) is 0 Å². The number of hydrogen-bond donors (Lipinski definition) is 4. The first-order valence-electron chi connectivity index (χ1n) is 7.84. The summed E-state index contributed by atoms with van der Waals surface area (Å²) in [5.74, 6) is 5.94. The van der Waals surface area contributed by atoms with Gasteiger partial charge in [0.05, 0.1) is 11.6 Å². The van der Waals surface area contributed by atoms with Crippen LogP contribution in [0.15, 0.2) is 53.6 Å². The lowest BCUT2D eigenvalue weighted by Gasteiger charge is -2.20. The summed E-state index contributed by atoms with van der Waals surface area (Å²) >= 11 is 0.